The normalized spacial score (nSPS) is 30.6. The maximum atomic E-state index is 6.32. The Bertz CT molecular complexity index is 809. The van der Waals surface area contributed by atoms with Gasteiger partial charge in [0, 0.05) is 22.7 Å². The van der Waals surface area contributed by atoms with E-state index in [1.165, 1.54) is 55.2 Å². The second-order valence-corrected chi connectivity index (χ2v) is 10.0. The molecule has 0 spiro atoms. The zero-order chi connectivity index (χ0) is 19.1. The number of benzene rings is 2. The fourth-order valence-corrected chi connectivity index (χ4v) is 6.48. The van der Waals surface area contributed by atoms with Crippen LogP contribution in [0.4, 0.5) is 0 Å². The van der Waals surface area contributed by atoms with Gasteiger partial charge in [0.05, 0.1) is 0 Å². The molecule has 4 aliphatic rings. The van der Waals surface area contributed by atoms with E-state index in [1.54, 1.807) is 0 Å². The van der Waals surface area contributed by atoms with E-state index in [0.717, 1.165) is 35.1 Å². The lowest BCUT2D eigenvalue weighted by atomic mass is 9.53. The van der Waals surface area contributed by atoms with E-state index < -0.39 is 0 Å². The summed E-state index contributed by atoms with van der Waals surface area (Å²) in [6, 6.07) is 14.6. The first-order valence-electron chi connectivity index (χ1n) is 10.8. The summed E-state index contributed by atoms with van der Waals surface area (Å²) in [5.74, 6) is 3.81. The van der Waals surface area contributed by atoms with Gasteiger partial charge in [-0.3, -0.25) is 0 Å². The molecule has 2 aromatic carbocycles. The Morgan fingerprint density at radius 1 is 0.964 bits per heavy atom. The minimum absolute atomic E-state index is 0.352. The maximum absolute atomic E-state index is 6.32. The third-order valence-electron chi connectivity index (χ3n) is 7.23. The summed E-state index contributed by atoms with van der Waals surface area (Å²) in [6.07, 6.45) is 8.51. The molecule has 6 rings (SSSR count). The summed E-state index contributed by atoms with van der Waals surface area (Å²) in [4.78, 5) is 0. The van der Waals surface area contributed by atoms with Gasteiger partial charge in [-0.25, -0.2) is 0 Å². The maximum Gasteiger partial charge on any atom is 0.124 e. The number of aryl methyl sites for hydroxylation is 1. The molecular formula is C25H30ClNO. The van der Waals surface area contributed by atoms with Crippen molar-refractivity contribution in [3.05, 3.63) is 64.2 Å². The van der Waals surface area contributed by atoms with Gasteiger partial charge in [-0.15, -0.1) is 0 Å². The van der Waals surface area contributed by atoms with Crippen LogP contribution in [0.25, 0.3) is 0 Å². The molecule has 0 radical (unpaired) electrons. The zero-order valence-electron chi connectivity index (χ0n) is 16.7. The lowest BCUT2D eigenvalue weighted by molar-refractivity contribution is -0.0206. The fraction of sp³-hybridized carbons (Fsp3) is 0.520. The van der Waals surface area contributed by atoms with Crippen molar-refractivity contribution in [1.29, 1.82) is 0 Å². The van der Waals surface area contributed by atoms with Crippen molar-refractivity contribution in [3.8, 4) is 5.75 Å². The molecule has 4 bridgehead atoms. The van der Waals surface area contributed by atoms with Gasteiger partial charge in [0.25, 0.3) is 0 Å². The fourth-order valence-electron chi connectivity index (χ4n) is 6.28. The Labute approximate surface area is 173 Å². The second kappa shape index (κ2) is 7.39. The van der Waals surface area contributed by atoms with E-state index in [4.69, 9.17) is 16.3 Å². The summed E-state index contributed by atoms with van der Waals surface area (Å²) < 4.78 is 6.19. The number of hydrogen-bond acceptors (Lipinski definition) is 2. The van der Waals surface area contributed by atoms with Gasteiger partial charge in [-0.2, -0.15) is 0 Å². The summed E-state index contributed by atoms with van der Waals surface area (Å²) in [6.45, 7) is 3.54. The Kier molecular flexibility index (Phi) is 4.88. The molecule has 4 fully saturated rings. The molecule has 0 saturated heterocycles. The molecule has 0 aliphatic heterocycles. The van der Waals surface area contributed by atoms with Gasteiger partial charge in [-0.05, 0) is 87.0 Å². The zero-order valence-corrected chi connectivity index (χ0v) is 17.5. The topological polar surface area (TPSA) is 21.3 Å². The van der Waals surface area contributed by atoms with E-state index in [9.17, 15) is 0 Å². The third kappa shape index (κ3) is 3.82. The molecule has 4 aliphatic carbocycles. The Balaban J connectivity index is 1.28. The number of hydrogen-bond donors (Lipinski definition) is 1. The minimum atomic E-state index is 0.352. The van der Waals surface area contributed by atoms with E-state index >= 15 is 0 Å². The number of ether oxygens (including phenoxy) is 1. The smallest absolute Gasteiger partial charge is 0.124 e. The van der Waals surface area contributed by atoms with E-state index in [1.807, 2.05) is 12.1 Å². The summed E-state index contributed by atoms with van der Waals surface area (Å²) >= 11 is 6.32. The highest BCUT2D eigenvalue weighted by Gasteiger charge is 2.50. The van der Waals surface area contributed by atoms with Crippen molar-refractivity contribution in [1.82, 2.24) is 5.32 Å². The number of rotatable bonds is 6. The van der Waals surface area contributed by atoms with Crippen molar-refractivity contribution >= 4 is 11.6 Å². The first-order valence-corrected chi connectivity index (χ1v) is 11.2. The van der Waals surface area contributed by atoms with Crippen LogP contribution >= 0.6 is 11.6 Å². The predicted octanol–water partition coefficient (Wildman–Crippen LogP) is 6.29. The van der Waals surface area contributed by atoms with Crippen LogP contribution in [0.2, 0.25) is 5.02 Å². The van der Waals surface area contributed by atoms with Gasteiger partial charge in [0.15, 0.2) is 0 Å². The monoisotopic (exact) mass is 395 g/mol. The molecule has 0 heterocycles. The van der Waals surface area contributed by atoms with Gasteiger partial charge in [0.1, 0.15) is 12.4 Å². The Hall–Kier alpha value is -1.51. The van der Waals surface area contributed by atoms with Crippen molar-refractivity contribution in [3.63, 3.8) is 0 Å². The van der Waals surface area contributed by atoms with Gasteiger partial charge in [0.2, 0.25) is 0 Å². The van der Waals surface area contributed by atoms with Gasteiger partial charge < -0.3 is 10.1 Å². The molecule has 0 atom stereocenters. The summed E-state index contributed by atoms with van der Waals surface area (Å²) in [5.41, 5.74) is 4.00. The molecule has 1 N–H and O–H groups in total. The van der Waals surface area contributed by atoms with Crippen LogP contribution in [0.15, 0.2) is 42.5 Å². The highest BCUT2D eigenvalue weighted by atomic mass is 35.5. The van der Waals surface area contributed by atoms with E-state index in [0.29, 0.717) is 12.1 Å². The van der Waals surface area contributed by atoms with Crippen LogP contribution in [0.1, 0.15) is 55.2 Å². The SMILES string of the molecule is Cc1ccc(COc2ccc(Cl)cc2CNC23CC4CC(CC(C4)C2)C3)cc1. The first kappa shape index (κ1) is 18.5. The van der Waals surface area contributed by atoms with E-state index in [2.05, 4.69) is 42.6 Å². The number of nitrogens with one attached hydrogen (secondary N) is 1. The van der Waals surface area contributed by atoms with Crippen molar-refractivity contribution in [2.75, 3.05) is 0 Å². The average molecular weight is 396 g/mol. The molecule has 0 unspecified atom stereocenters. The van der Waals surface area contributed by atoms with Gasteiger partial charge in [-0.1, -0.05) is 41.4 Å². The molecule has 0 aromatic heterocycles. The van der Waals surface area contributed by atoms with E-state index in [-0.39, 0.29) is 0 Å². The lowest BCUT2D eigenvalue weighted by Crippen LogP contribution is -2.58. The molecule has 3 heteroatoms. The quantitative estimate of drug-likeness (QED) is 0.620. The highest BCUT2D eigenvalue weighted by molar-refractivity contribution is 6.30. The molecule has 2 nitrogen and oxygen atoms in total. The van der Waals surface area contributed by atoms with Crippen molar-refractivity contribution < 1.29 is 4.74 Å². The standard InChI is InChI=1S/C25H30ClNO/c1-17-2-4-18(5-3-17)16-28-24-7-6-23(26)11-22(24)15-27-25-12-19-8-20(13-25)10-21(9-19)14-25/h2-7,11,19-21,27H,8-10,12-16H2,1H3. The predicted molar refractivity (Wildman–Crippen MR) is 115 cm³/mol. The number of halogens is 1. The minimum Gasteiger partial charge on any atom is -0.489 e. The van der Waals surface area contributed by atoms with Crippen LogP contribution in [0, 0.1) is 24.7 Å². The lowest BCUT2D eigenvalue weighted by Gasteiger charge is -2.57. The molecule has 2 aromatic rings. The van der Waals surface area contributed by atoms with Crippen LogP contribution in [0.5, 0.6) is 5.75 Å². The molecule has 0 amide bonds. The molecular weight excluding hydrogens is 366 g/mol. The van der Waals surface area contributed by atoms with Crippen LogP contribution in [0.3, 0.4) is 0 Å². The van der Waals surface area contributed by atoms with Crippen LogP contribution in [-0.4, -0.2) is 5.54 Å². The van der Waals surface area contributed by atoms with Crippen LogP contribution in [-0.2, 0) is 13.2 Å². The second-order valence-electron chi connectivity index (χ2n) is 9.58. The van der Waals surface area contributed by atoms with Crippen molar-refractivity contribution in [2.45, 2.75) is 64.1 Å². The highest BCUT2D eigenvalue weighted by Crippen LogP contribution is 2.55. The van der Waals surface area contributed by atoms with Crippen LogP contribution < -0.4 is 10.1 Å². The largest absolute Gasteiger partial charge is 0.489 e. The summed E-state index contributed by atoms with van der Waals surface area (Å²) in [5, 5.41) is 4.76. The van der Waals surface area contributed by atoms with Gasteiger partial charge >= 0.3 is 0 Å². The molecule has 28 heavy (non-hydrogen) atoms. The third-order valence-corrected chi connectivity index (χ3v) is 7.46. The first-order chi connectivity index (χ1) is 13.6. The van der Waals surface area contributed by atoms with Crippen molar-refractivity contribution in [2.24, 2.45) is 17.8 Å². The average Bonchev–Trinajstić information content (AvgIpc) is 2.66. The Morgan fingerprint density at radius 3 is 2.25 bits per heavy atom. The molecule has 148 valence electrons. The summed E-state index contributed by atoms with van der Waals surface area (Å²) in [7, 11) is 0. The molecule has 4 saturated carbocycles. The Morgan fingerprint density at radius 2 is 1.61 bits per heavy atom.